The first-order valence-corrected chi connectivity index (χ1v) is 10.4. The number of ether oxygens (including phenoxy) is 1. The number of hydrogen-bond donors (Lipinski definition) is 2. The summed E-state index contributed by atoms with van der Waals surface area (Å²) in [6.07, 6.45) is 5.17. The molecule has 152 valence electrons. The largest absolute Gasteiger partial charge is 0.495 e. The van der Waals surface area contributed by atoms with Crippen molar-refractivity contribution in [1.29, 1.82) is 0 Å². The van der Waals surface area contributed by atoms with E-state index in [0.717, 1.165) is 0 Å². The number of amides is 1. The lowest BCUT2D eigenvalue weighted by Crippen LogP contribution is -2.35. The van der Waals surface area contributed by atoms with Crippen LogP contribution in [0.3, 0.4) is 0 Å². The second kappa shape index (κ2) is 8.78. The van der Waals surface area contributed by atoms with Crippen LogP contribution in [-0.2, 0) is 16.6 Å². The minimum Gasteiger partial charge on any atom is -0.495 e. The standard InChI is InChI=1S/C20H22N4O4S/c1-15(13-24-12-11-21-14-24)22-20(25)16-7-9-17(10-8-16)29(26,27)23-18-5-3-4-6-19(18)28-2/h3-12,14-15,23H,13H2,1-2H3,(H,22,25)/t15-/m0/s1. The second-order valence-electron chi connectivity index (χ2n) is 6.46. The fourth-order valence-corrected chi connectivity index (χ4v) is 3.85. The van der Waals surface area contributed by atoms with E-state index in [0.29, 0.717) is 23.5 Å². The molecule has 0 fully saturated rings. The highest BCUT2D eigenvalue weighted by atomic mass is 32.2. The van der Waals surface area contributed by atoms with Gasteiger partial charge in [0.15, 0.2) is 0 Å². The highest BCUT2D eigenvalue weighted by Crippen LogP contribution is 2.26. The summed E-state index contributed by atoms with van der Waals surface area (Å²) in [6.45, 7) is 2.47. The molecule has 8 nitrogen and oxygen atoms in total. The van der Waals surface area contributed by atoms with Crippen LogP contribution in [0, 0.1) is 0 Å². The van der Waals surface area contributed by atoms with Crippen molar-refractivity contribution in [3.8, 4) is 5.75 Å². The number of benzene rings is 2. The van der Waals surface area contributed by atoms with Crippen LogP contribution in [-0.4, -0.2) is 37.0 Å². The minimum atomic E-state index is -3.82. The normalized spacial score (nSPS) is 12.2. The van der Waals surface area contributed by atoms with Gasteiger partial charge in [-0.15, -0.1) is 0 Å². The molecule has 3 rings (SSSR count). The van der Waals surface area contributed by atoms with Gasteiger partial charge in [0.2, 0.25) is 0 Å². The van der Waals surface area contributed by atoms with E-state index in [-0.39, 0.29) is 16.8 Å². The fraction of sp³-hybridized carbons (Fsp3) is 0.200. The third-order valence-corrected chi connectivity index (χ3v) is 5.58. The van der Waals surface area contributed by atoms with E-state index in [1.807, 2.05) is 17.7 Å². The van der Waals surface area contributed by atoms with Crippen molar-refractivity contribution >= 4 is 21.6 Å². The third-order valence-electron chi connectivity index (χ3n) is 4.20. The van der Waals surface area contributed by atoms with Crippen molar-refractivity contribution in [2.45, 2.75) is 24.4 Å². The first kappa shape index (κ1) is 20.4. The average Bonchev–Trinajstić information content (AvgIpc) is 3.21. The molecule has 0 unspecified atom stereocenters. The molecule has 2 aromatic carbocycles. The number of nitrogens with one attached hydrogen (secondary N) is 2. The van der Waals surface area contributed by atoms with Crippen molar-refractivity contribution in [2.75, 3.05) is 11.8 Å². The molecule has 0 bridgehead atoms. The van der Waals surface area contributed by atoms with Crippen LogP contribution < -0.4 is 14.8 Å². The zero-order chi connectivity index (χ0) is 20.9. The summed E-state index contributed by atoms with van der Waals surface area (Å²) in [7, 11) is -2.35. The van der Waals surface area contributed by atoms with Gasteiger partial charge in [-0.25, -0.2) is 13.4 Å². The molecule has 1 amide bonds. The molecule has 0 aliphatic heterocycles. The monoisotopic (exact) mass is 414 g/mol. The molecular weight excluding hydrogens is 392 g/mol. The Bertz CT molecular complexity index is 1060. The summed E-state index contributed by atoms with van der Waals surface area (Å²) in [6, 6.07) is 12.4. The molecule has 0 saturated carbocycles. The molecular formula is C20H22N4O4S. The number of para-hydroxylation sites is 2. The molecule has 0 radical (unpaired) electrons. The number of aromatic nitrogens is 2. The van der Waals surface area contributed by atoms with E-state index in [1.54, 1.807) is 36.8 Å². The Morgan fingerprint density at radius 2 is 1.90 bits per heavy atom. The number of anilines is 1. The van der Waals surface area contributed by atoms with Crippen molar-refractivity contribution in [3.05, 3.63) is 72.8 Å². The van der Waals surface area contributed by atoms with Crippen LogP contribution >= 0.6 is 0 Å². The number of nitrogens with zero attached hydrogens (tertiary/aromatic N) is 2. The Morgan fingerprint density at radius 3 is 2.55 bits per heavy atom. The van der Waals surface area contributed by atoms with Gasteiger partial charge in [-0.05, 0) is 43.3 Å². The predicted molar refractivity (Wildman–Crippen MR) is 109 cm³/mol. The van der Waals surface area contributed by atoms with Gasteiger partial charge in [0.1, 0.15) is 5.75 Å². The Morgan fingerprint density at radius 1 is 1.17 bits per heavy atom. The Labute approximate surface area is 169 Å². The maximum Gasteiger partial charge on any atom is 0.262 e. The van der Waals surface area contributed by atoms with E-state index in [4.69, 9.17) is 4.74 Å². The molecule has 29 heavy (non-hydrogen) atoms. The zero-order valence-corrected chi connectivity index (χ0v) is 16.9. The van der Waals surface area contributed by atoms with E-state index in [2.05, 4.69) is 15.0 Å². The first-order chi connectivity index (χ1) is 13.9. The third kappa shape index (κ3) is 5.14. The first-order valence-electron chi connectivity index (χ1n) is 8.91. The summed E-state index contributed by atoms with van der Waals surface area (Å²) in [5.41, 5.74) is 0.712. The highest BCUT2D eigenvalue weighted by Gasteiger charge is 2.17. The Hall–Kier alpha value is -3.33. The van der Waals surface area contributed by atoms with Crippen molar-refractivity contribution in [1.82, 2.24) is 14.9 Å². The number of methoxy groups -OCH3 is 1. The number of carbonyl (C=O) groups excluding carboxylic acids is 1. The van der Waals surface area contributed by atoms with Crippen LogP contribution in [0.25, 0.3) is 0 Å². The molecule has 0 aliphatic carbocycles. The quantitative estimate of drug-likeness (QED) is 0.590. The van der Waals surface area contributed by atoms with Gasteiger partial charge in [-0.1, -0.05) is 12.1 Å². The summed E-state index contributed by atoms with van der Waals surface area (Å²) < 4.78 is 34.8. The number of imidazole rings is 1. The van der Waals surface area contributed by atoms with Crippen molar-refractivity contribution in [3.63, 3.8) is 0 Å². The summed E-state index contributed by atoms with van der Waals surface area (Å²) >= 11 is 0. The summed E-state index contributed by atoms with van der Waals surface area (Å²) in [5.74, 6) is 0.137. The van der Waals surface area contributed by atoms with Crippen molar-refractivity contribution in [2.24, 2.45) is 0 Å². The topological polar surface area (TPSA) is 102 Å². The Kier molecular flexibility index (Phi) is 6.18. The van der Waals surface area contributed by atoms with Crippen LogP contribution in [0.15, 0.2) is 72.1 Å². The lowest BCUT2D eigenvalue weighted by molar-refractivity contribution is 0.0936. The van der Waals surface area contributed by atoms with Crippen LogP contribution in [0.4, 0.5) is 5.69 Å². The average molecular weight is 414 g/mol. The lowest BCUT2D eigenvalue weighted by atomic mass is 10.2. The molecule has 1 atom stereocenters. The number of carbonyl (C=O) groups is 1. The summed E-state index contributed by atoms with van der Waals surface area (Å²) in [5, 5.41) is 2.88. The fourth-order valence-electron chi connectivity index (χ4n) is 2.78. The minimum absolute atomic E-state index is 0.0476. The van der Waals surface area contributed by atoms with E-state index in [1.165, 1.54) is 31.4 Å². The van der Waals surface area contributed by atoms with Gasteiger partial charge in [0.05, 0.1) is 24.0 Å². The highest BCUT2D eigenvalue weighted by molar-refractivity contribution is 7.92. The van der Waals surface area contributed by atoms with E-state index in [9.17, 15) is 13.2 Å². The number of rotatable bonds is 8. The summed E-state index contributed by atoms with van der Waals surface area (Å²) in [4.78, 5) is 16.4. The SMILES string of the molecule is COc1ccccc1NS(=O)(=O)c1ccc(C(=O)N[C@@H](C)Cn2ccnc2)cc1. The number of sulfonamides is 1. The molecule has 0 aliphatic rings. The molecule has 2 N–H and O–H groups in total. The zero-order valence-electron chi connectivity index (χ0n) is 16.1. The Balaban J connectivity index is 1.67. The maximum absolute atomic E-state index is 12.6. The smallest absolute Gasteiger partial charge is 0.262 e. The molecule has 0 saturated heterocycles. The molecule has 1 heterocycles. The number of hydrogen-bond acceptors (Lipinski definition) is 5. The van der Waals surface area contributed by atoms with Crippen molar-refractivity contribution < 1.29 is 17.9 Å². The van der Waals surface area contributed by atoms with E-state index < -0.39 is 10.0 Å². The van der Waals surface area contributed by atoms with Crippen LogP contribution in [0.5, 0.6) is 5.75 Å². The molecule has 1 aromatic heterocycles. The van der Waals surface area contributed by atoms with Gasteiger partial charge in [-0.2, -0.15) is 0 Å². The molecule has 3 aromatic rings. The second-order valence-corrected chi connectivity index (χ2v) is 8.15. The van der Waals surface area contributed by atoms with Gasteiger partial charge in [-0.3, -0.25) is 9.52 Å². The van der Waals surface area contributed by atoms with Crippen LogP contribution in [0.2, 0.25) is 0 Å². The maximum atomic E-state index is 12.6. The predicted octanol–water partition coefficient (Wildman–Crippen LogP) is 2.51. The van der Waals surface area contributed by atoms with Gasteiger partial charge in [0.25, 0.3) is 15.9 Å². The van der Waals surface area contributed by atoms with Gasteiger partial charge in [0, 0.05) is 30.5 Å². The van der Waals surface area contributed by atoms with Gasteiger partial charge < -0.3 is 14.6 Å². The van der Waals surface area contributed by atoms with E-state index >= 15 is 0 Å². The molecule has 0 spiro atoms. The van der Waals surface area contributed by atoms with Gasteiger partial charge >= 0.3 is 0 Å². The molecule has 9 heteroatoms. The lowest BCUT2D eigenvalue weighted by Gasteiger charge is -2.15. The van der Waals surface area contributed by atoms with Crippen LogP contribution in [0.1, 0.15) is 17.3 Å².